The molecular formula is C14H23ClN2O3. The number of nitrogens with one attached hydrogen (secondary N) is 2. The predicted molar refractivity (Wildman–Crippen MR) is 80.9 cm³/mol. The molecule has 0 radical (unpaired) electrons. The van der Waals surface area contributed by atoms with Crippen molar-refractivity contribution in [2.75, 3.05) is 27.3 Å². The van der Waals surface area contributed by atoms with Crippen molar-refractivity contribution < 1.29 is 14.3 Å². The number of benzene rings is 1. The van der Waals surface area contributed by atoms with Gasteiger partial charge < -0.3 is 20.1 Å². The summed E-state index contributed by atoms with van der Waals surface area (Å²) in [5, 5.41) is 6.15. The van der Waals surface area contributed by atoms with Crippen molar-refractivity contribution >= 4 is 18.3 Å². The molecule has 1 rings (SSSR count). The quantitative estimate of drug-likeness (QED) is 0.715. The third-order valence-electron chi connectivity index (χ3n) is 2.81. The van der Waals surface area contributed by atoms with Crippen LogP contribution in [0.1, 0.15) is 18.5 Å². The second kappa shape index (κ2) is 10.6. The number of rotatable bonds is 8. The lowest BCUT2D eigenvalue weighted by Crippen LogP contribution is -2.38. The van der Waals surface area contributed by atoms with Crippen molar-refractivity contribution in [2.45, 2.75) is 19.3 Å². The zero-order valence-corrected chi connectivity index (χ0v) is 12.9. The third-order valence-corrected chi connectivity index (χ3v) is 2.81. The lowest BCUT2D eigenvalue weighted by atomic mass is 10.1. The molecule has 0 heterocycles. The summed E-state index contributed by atoms with van der Waals surface area (Å²) in [7, 11) is 3.20. The van der Waals surface area contributed by atoms with Gasteiger partial charge in [-0.1, -0.05) is 30.3 Å². The van der Waals surface area contributed by atoms with Crippen LogP contribution in [0.4, 0.5) is 0 Å². The van der Waals surface area contributed by atoms with E-state index in [1.807, 2.05) is 30.3 Å². The van der Waals surface area contributed by atoms with Crippen LogP contribution in [0.5, 0.6) is 0 Å². The van der Waals surface area contributed by atoms with E-state index < -0.39 is 0 Å². The highest BCUT2D eigenvalue weighted by molar-refractivity contribution is 5.85. The van der Waals surface area contributed by atoms with Crippen LogP contribution in [0, 0.1) is 0 Å². The molecule has 20 heavy (non-hydrogen) atoms. The second-order valence-electron chi connectivity index (χ2n) is 4.21. The molecule has 2 N–H and O–H groups in total. The van der Waals surface area contributed by atoms with Crippen molar-refractivity contribution in [3.63, 3.8) is 0 Å². The van der Waals surface area contributed by atoms with Gasteiger partial charge in [-0.3, -0.25) is 4.79 Å². The molecule has 0 saturated carbocycles. The minimum Gasteiger partial charge on any atom is -0.355 e. The van der Waals surface area contributed by atoms with Crippen LogP contribution in [0.3, 0.4) is 0 Å². The number of carbonyl (C=O) groups is 1. The Balaban J connectivity index is 0.00000361. The zero-order chi connectivity index (χ0) is 14.1. The van der Waals surface area contributed by atoms with E-state index in [1.165, 1.54) is 6.92 Å². The van der Waals surface area contributed by atoms with Crippen LogP contribution in [0.25, 0.3) is 0 Å². The van der Waals surface area contributed by atoms with Crippen molar-refractivity contribution in [2.24, 2.45) is 0 Å². The highest BCUT2D eigenvalue weighted by atomic mass is 35.5. The van der Waals surface area contributed by atoms with Crippen LogP contribution in [0.15, 0.2) is 30.3 Å². The summed E-state index contributed by atoms with van der Waals surface area (Å²) >= 11 is 0. The summed E-state index contributed by atoms with van der Waals surface area (Å²) in [6.45, 7) is 2.58. The van der Waals surface area contributed by atoms with Gasteiger partial charge in [0.05, 0.1) is 0 Å². The Bertz CT molecular complexity index is 372. The van der Waals surface area contributed by atoms with E-state index in [9.17, 15) is 4.79 Å². The maximum Gasteiger partial charge on any atom is 0.216 e. The molecule has 1 amide bonds. The first-order valence-corrected chi connectivity index (χ1v) is 6.25. The minimum absolute atomic E-state index is 0. The van der Waals surface area contributed by atoms with E-state index in [1.54, 1.807) is 14.2 Å². The minimum atomic E-state index is -0.302. The zero-order valence-electron chi connectivity index (χ0n) is 12.1. The van der Waals surface area contributed by atoms with Gasteiger partial charge in [0.25, 0.3) is 0 Å². The summed E-state index contributed by atoms with van der Waals surface area (Å²) in [6.07, 6.45) is -0.302. The van der Waals surface area contributed by atoms with E-state index in [4.69, 9.17) is 9.47 Å². The molecule has 1 aromatic carbocycles. The average Bonchev–Trinajstić information content (AvgIpc) is 2.43. The van der Waals surface area contributed by atoms with Gasteiger partial charge >= 0.3 is 0 Å². The smallest absolute Gasteiger partial charge is 0.216 e. The molecule has 0 aromatic heterocycles. The maximum absolute atomic E-state index is 11.0. The standard InChI is InChI=1S/C14H22N2O3.ClH/c1-11(17)15-9-13(12-7-5-4-6-8-12)16-10-14(18-2)19-3;/h4-8,13-14,16H,9-10H2,1-3H3,(H,15,17);1H. The molecule has 0 aliphatic heterocycles. The van der Waals surface area contributed by atoms with Gasteiger partial charge in [0.2, 0.25) is 5.91 Å². The number of carbonyl (C=O) groups excluding carboxylic acids is 1. The molecule has 0 bridgehead atoms. The van der Waals surface area contributed by atoms with Gasteiger partial charge in [0, 0.05) is 40.3 Å². The fourth-order valence-electron chi connectivity index (χ4n) is 1.74. The first-order chi connectivity index (χ1) is 9.17. The number of ether oxygens (including phenoxy) is 2. The summed E-state index contributed by atoms with van der Waals surface area (Å²) in [4.78, 5) is 11.0. The highest BCUT2D eigenvalue weighted by Crippen LogP contribution is 2.11. The molecule has 114 valence electrons. The van der Waals surface area contributed by atoms with Gasteiger partial charge in [-0.25, -0.2) is 0 Å². The Hall–Kier alpha value is -1.14. The largest absolute Gasteiger partial charge is 0.355 e. The van der Waals surface area contributed by atoms with Crippen LogP contribution >= 0.6 is 12.4 Å². The molecule has 0 aliphatic rings. The van der Waals surface area contributed by atoms with Crippen molar-refractivity contribution in [1.82, 2.24) is 10.6 Å². The van der Waals surface area contributed by atoms with E-state index >= 15 is 0 Å². The SMILES string of the molecule is COC(CNC(CNC(C)=O)c1ccccc1)OC.Cl. The Morgan fingerprint density at radius 2 is 1.75 bits per heavy atom. The first kappa shape index (κ1) is 18.9. The number of hydrogen-bond donors (Lipinski definition) is 2. The molecular weight excluding hydrogens is 280 g/mol. The molecule has 0 aliphatic carbocycles. The molecule has 6 heteroatoms. The van der Waals surface area contributed by atoms with E-state index in [2.05, 4.69) is 10.6 Å². The predicted octanol–water partition coefficient (Wildman–Crippen LogP) is 1.49. The monoisotopic (exact) mass is 302 g/mol. The Morgan fingerprint density at radius 3 is 2.25 bits per heavy atom. The summed E-state index contributed by atoms with van der Waals surface area (Å²) < 4.78 is 10.3. The Morgan fingerprint density at radius 1 is 1.15 bits per heavy atom. The normalized spacial score (nSPS) is 11.8. The van der Waals surface area contributed by atoms with Gasteiger partial charge in [-0.15, -0.1) is 12.4 Å². The molecule has 1 atom stereocenters. The van der Waals surface area contributed by atoms with E-state index in [0.717, 1.165) is 5.56 Å². The van der Waals surface area contributed by atoms with Crippen molar-refractivity contribution in [1.29, 1.82) is 0 Å². The van der Waals surface area contributed by atoms with Gasteiger partial charge in [0.15, 0.2) is 6.29 Å². The maximum atomic E-state index is 11.0. The first-order valence-electron chi connectivity index (χ1n) is 6.25. The topological polar surface area (TPSA) is 59.6 Å². The van der Waals surface area contributed by atoms with Crippen molar-refractivity contribution in [3.05, 3.63) is 35.9 Å². The van der Waals surface area contributed by atoms with Crippen LogP contribution in [-0.2, 0) is 14.3 Å². The van der Waals surface area contributed by atoms with Gasteiger partial charge in [0.1, 0.15) is 0 Å². The molecule has 5 nitrogen and oxygen atoms in total. The fourth-order valence-corrected chi connectivity index (χ4v) is 1.74. The summed E-state index contributed by atoms with van der Waals surface area (Å²) in [5.41, 5.74) is 1.11. The van der Waals surface area contributed by atoms with Crippen LogP contribution < -0.4 is 10.6 Å². The number of halogens is 1. The van der Waals surface area contributed by atoms with Crippen LogP contribution in [0.2, 0.25) is 0 Å². The molecule has 1 aromatic rings. The van der Waals surface area contributed by atoms with Gasteiger partial charge in [-0.05, 0) is 5.56 Å². The number of hydrogen-bond acceptors (Lipinski definition) is 4. The van der Waals surface area contributed by atoms with E-state index in [0.29, 0.717) is 13.1 Å². The lowest BCUT2D eigenvalue weighted by molar-refractivity contribution is -0.119. The average molecular weight is 303 g/mol. The van der Waals surface area contributed by atoms with Crippen LogP contribution in [-0.4, -0.2) is 39.5 Å². The van der Waals surface area contributed by atoms with Gasteiger partial charge in [-0.2, -0.15) is 0 Å². The second-order valence-corrected chi connectivity index (χ2v) is 4.21. The summed E-state index contributed by atoms with van der Waals surface area (Å²) in [6, 6.07) is 9.98. The Labute approximate surface area is 126 Å². The highest BCUT2D eigenvalue weighted by Gasteiger charge is 2.13. The fraction of sp³-hybridized carbons (Fsp3) is 0.500. The molecule has 0 spiro atoms. The molecule has 0 fully saturated rings. The number of amides is 1. The molecule has 0 saturated heterocycles. The summed E-state index contributed by atoms with van der Waals surface area (Å²) in [5.74, 6) is -0.0437. The Kier molecular flexibility index (Phi) is 10.0. The molecule has 1 unspecified atom stereocenters. The number of methoxy groups -OCH3 is 2. The third kappa shape index (κ3) is 6.86. The lowest BCUT2D eigenvalue weighted by Gasteiger charge is -2.22. The van der Waals surface area contributed by atoms with E-state index in [-0.39, 0.29) is 30.6 Å². The van der Waals surface area contributed by atoms with Crippen molar-refractivity contribution in [3.8, 4) is 0 Å².